The van der Waals surface area contributed by atoms with E-state index >= 15 is 0 Å². The molecule has 1 atom stereocenters. The maximum absolute atomic E-state index is 12.6. The molecule has 3 amide bonds. The van der Waals surface area contributed by atoms with Crippen molar-refractivity contribution in [2.75, 3.05) is 32.7 Å². The van der Waals surface area contributed by atoms with Crippen LogP contribution in [0.5, 0.6) is 0 Å². The number of para-hydroxylation sites is 1. The van der Waals surface area contributed by atoms with Gasteiger partial charge in [0.1, 0.15) is 5.52 Å². The molecule has 9 nitrogen and oxygen atoms in total. The summed E-state index contributed by atoms with van der Waals surface area (Å²) in [4.78, 5) is 40.2. The van der Waals surface area contributed by atoms with Gasteiger partial charge in [0.25, 0.3) is 0 Å². The van der Waals surface area contributed by atoms with Gasteiger partial charge in [-0.3, -0.25) is 14.4 Å². The highest BCUT2D eigenvalue weighted by molar-refractivity contribution is 5.84. The molecule has 0 saturated carbocycles. The topological polar surface area (TPSA) is 100 Å². The highest BCUT2D eigenvalue weighted by atomic mass is 16.2. The van der Waals surface area contributed by atoms with Crippen LogP contribution in [0.4, 0.5) is 0 Å². The zero-order valence-corrected chi connectivity index (χ0v) is 17.1. The van der Waals surface area contributed by atoms with E-state index in [1.165, 1.54) is 0 Å². The van der Waals surface area contributed by atoms with Gasteiger partial charge in [0.2, 0.25) is 17.7 Å². The molecule has 0 bridgehead atoms. The summed E-state index contributed by atoms with van der Waals surface area (Å²) in [5.74, 6) is 0.0912. The minimum atomic E-state index is -0.191. The number of piperidine rings is 1. The van der Waals surface area contributed by atoms with Gasteiger partial charge in [-0.15, -0.1) is 5.10 Å². The predicted molar refractivity (Wildman–Crippen MR) is 110 cm³/mol. The number of nitrogens with one attached hydrogen (secondary N) is 1. The first kappa shape index (κ1) is 20.3. The van der Waals surface area contributed by atoms with Crippen molar-refractivity contribution in [1.82, 2.24) is 30.1 Å². The fourth-order valence-corrected chi connectivity index (χ4v) is 4.25. The van der Waals surface area contributed by atoms with Gasteiger partial charge >= 0.3 is 0 Å². The lowest BCUT2D eigenvalue weighted by molar-refractivity contribution is -0.138. The molecule has 1 unspecified atom stereocenters. The predicted octanol–water partition coefficient (Wildman–Crippen LogP) is 0.799. The van der Waals surface area contributed by atoms with Crippen molar-refractivity contribution in [3.05, 3.63) is 24.3 Å². The number of carbonyl (C=O) groups excluding carboxylic acids is 3. The standard InChI is InChI=1S/C21H28N6O3/c28-19-7-3-11-25(19)12-4-13-26-15-16(8-9-20(26)29)21(30)22-10-14-27-18-6-2-1-5-17(18)23-24-27/h1-2,5-6,16H,3-4,7-15H2,(H,22,30). The quantitative estimate of drug-likeness (QED) is 0.691. The van der Waals surface area contributed by atoms with Gasteiger partial charge < -0.3 is 15.1 Å². The number of carbonyl (C=O) groups is 3. The van der Waals surface area contributed by atoms with Gasteiger partial charge in [-0.1, -0.05) is 17.3 Å². The number of likely N-dealkylation sites (tertiary alicyclic amines) is 2. The van der Waals surface area contributed by atoms with Gasteiger partial charge in [-0.25, -0.2) is 4.68 Å². The average Bonchev–Trinajstić information content (AvgIpc) is 3.35. The molecular weight excluding hydrogens is 384 g/mol. The molecule has 2 aliphatic heterocycles. The van der Waals surface area contributed by atoms with Crippen LogP contribution < -0.4 is 5.32 Å². The van der Waals surface area contributed by atoms with E-state index in [4.69, 9.17) is 0 Å². The third kappa shape index (κ3) is 4.60. The van der Waals surface area contributed by atoms with Crippen LogP contribution in [-0.4, -0.2) is 75.2 Å². The summed E-state index contributed by atoms with van der Waals surface area (Å²) in [5.41, 5.74) is 1.78. The summed E-state index contributed by atoms with van der Waals surface area (Å²) in [6.45, 7) is 3.56. The Kier molecular flexibility index (Phi) is 6.25. The SMILES string of the molecule is O=C(NCCn1nnc2ccccc21)C1CCC(=O)N(CCCN2CCCC2=O)C1. The van der Waals surface area contributed by atoms with Crippen molar-refractivity contribution in [2.24, 2.45) is 5.92 Å². The molecule has 1 aromatic heterocycles. The molecule has 0 spiro atoms. The molecule has 2 aliphatic rings. The number of fused-ring (bicyclic) bond motifs is 1. The van der Waals surface area contributed by atoms with E-state index < -0.39 is 0 Å². The van der Waals surface area contributed by atoms with Gasteiger partial charge in [0.15, 0.2) is 0 Å². The van der Waals surface area contributed by atoms with Crippen LogP contribution in [0, 0.1) is 5.92 Å². The van der Waals surface area contributed by atoms with E-state index in [-0.39, 0.29) is 23.6 Å². The Morgan fingerprint density at radius 2 is 1.87 bits per heavy atom. The Hall–Kier alpha value is -2.97. The summed E-state index contributed by atoms with van der Waals surface area (Å²) in [5, 5.41) is 11.2. The zero-order chi connectivity index (χ0) is 20.9. The van der Waals surface area contributed by atoms with Crippen LogP contribution in [-0.2, 0) is 20.9 Å². The fraction of sp³-hybridized carbons (Fsp3) is 0.571. The maximum Gasteiger partial charge on any atom is 0.224 e. The van der Waals surface area contributed by atoms with Crippen molar-refractivity contribution in [3.63, 3.8) is 0 Å². The van der Waals surface area contributed by atoms with Crippen molar-refractivity contribution in [2.45, 2.75) is 38.6 Å². The first-order chi connectivity index (χ1) is 14.6. The minimum Gasteiger partial charge on any atom is -0.354 e. The maximum atomic E-state index is 12.6. The molecule has 9 heteroatoms. The van der Waals surface area contributed by atoms with Crippen molar-refractivity contribution < 1.29 is 14.4 Å². The molecule has 0 radical (unpaired) electrons. The molecule has 1 N–H and O–H groups in total. The number of nitrogens with zero attached hydrogens (tertiary/aromatic N) is 5. The Balaban J connectivity index is 1.22. The van der Waals surface area contributed by atoms with E-state index in [0.717, 1.165) is 30.4 Å². The summed E-state index contributed by atoms with van der Waals surface area (Å²) < 4.78 is 1.78. The number of hydrogen-bond donors (Lipinski definition) is 1. The van der Waals surface area contributed by atoms with Crippen molar-refractivity contribution in [3.8, 4) is 0 Å². The lowest BCUT2D eigenvalue weighted by atomic mass is 9.96. The lowest BCUT2D eigenvalue weighted by Gasteiger charge is -2.32. The van der Waals surface area contributed by atoms with Gasteiger partial charge in [0, 0.05) is 45.6 Å². The van der Waals surface area contributed by atoms with Crippen LogP contribution in [0.15, 0.2) is 24.3 Å². The number of rotatable bonds is 8. The van der Waals surface area contributed by atoms with Crippen molar-refractivity contribution in [1.29, 1.82) is 0 Å². The molecule has 30 heavy (non-hydrogen) atoms. The van der Waals surface area contributed by atoms with Crippen LogP contribution in [0.1, 0.15) is 32.1 Å². The molecule has 4 rings (SSSR count). The normalized spacial score (nSPS) is 19.7. The van der Waals surface area contributed by atoms with E-state index in [2.05, 4.69) is 15.6 Å². The Morgan fingerprint density at radius 1 is 1.07 bits per heavy atom. The van der Waals surface area contributed by atoms with Crippen LogP contribution in [0.3, 0.4) is 0 Å². The average molecular weight is 412 g/mol. The van der Waals surface area contributed by atoms with Crippen molar-refractivity contribution >= 4 is 28.8 Å². The number of benzene rings is 1. The second-order valence-corrected chi connectivity index (χ2v) is 8.01. The first-order valence-corrected chi connectivity index (χ1v) is 10.7. The van der Waals surface area contributed by atoms with E-state index in [0.29, 0.717) is 52.0 Å². The third-order valence-electron chi connectivity index (χ3n) is 5.94. The van der Waals surface area contributed by atoms with Crippen LogP contribution in [0.2, 0.25) is 0 Å². The van der Waals surface area contributed by atoms with Gasteiger partial charge in [-0.05, 0) is 31.4 Å². The molecule has 2 aromatic rings. The van der Waals surface area contributed by atoms with Gasteiger partial charge in [-0.2, -0.15) is 0 Å². The number of aromatic nitrogens is 3. The first-order valence-electron chi connectivity index (χ1n) is 10.7. The Morgan fingerprint density at radius 3 is 2.70 bits per heavy atom. The minimum absolute atomic E-state index is 0.0216. The highest BCUT2D eigenvalue weighted by Gasteiger charge is 2.30. The number of hydrogen-bond acceptors (Lipinski definition) is 5. The molecule has 1 aromatic carbocycles. The molecule has 3 heterocycles. The highest BCUT2D eigenvalue weighted by Crippen LogP contribution is 2.19. The summed E-state index contributed by atoms with van der Waals surface area (Å²) in [6, 6.07) is 7.72. The largest absolute Gasteiger partial charge is 0.354 e. The Bertz CT molecular complexity index is 926. The molecule has 2 saturated heterocycles. The third-order valence-corrected chi connectivity index (χ3v) is 5.94. The molecule has 0 aliphatic carbocycles. The molecule has 160 valence electrons. The van der Waals surface area contributed by atoms with E-state index in [1.54, 1.807) is 9.58 Å². The molecule has 2 fully saturated rings. The lowest BCUT2D eigenvalue weighted by Crippen LogP contribution is -2.46. The Labute approximate surface area is 175 Å². The second kappa shape index (κ2) is 9.23. The smallest absolute Gasteiger partial charge is 0.224 e. The fourth-order valence-electron chi connectivity index (χ4n) is 4.25. The van der Waals surface area contributed by atoms with Gasteiger partial charge in [0.05, 0.1) is 18.0 Å². The summed E-state index contributed by atoms with van der Waals surface area (Å²) in [6.07, 6.45) is 3.29. The zero-order valence-electron chi connectivity index (χ0n) is 17.1. The monoisotopic (exact) mass is 412 g/mol. The second-order valence-electron chi connectivity index (χ2n) is 8.01. The number of amides is 3. The van der Waals surface area contributed by atoms with E-state index in [1.807, 2.05) is 29.2 Å². The summed E-state index contributed by atoms with van der Waals surface area (Å²) >= 11 is 0. The molecular formula is C21H28N6O3. The van der Waals surface area contributed by atoms with Crippen LogP contribution >= 0.6 is 0 Å². The summed E-state index contributed by atoms with van der Waals surface area (Å²) in [7, 11) is 0. The van der Waals surface area contributed by atoms with E-state index in [9.17, 15) is 14.4 Å². The van der Waals surface area contributed by atoms with Crippen LogP contribution in [0.25, 0.3) is 11.0 Å².